The Morgan fingerprint density at radius 3 is 2.56 bits per heavy atom. The molecule has 1 amide bonds. The van der Waals surface area contributed by atoms with Gasteiger partial charge in [-0.2, -0.15) is 0 Å². The highest BCUT2D eigenvalue weighted by atomic mass is 19.1. The topological polar surface area (TPSA) is 74.0 Å². The van der Waals surface area contributed by atoms with Crippen LogP contribution in [0, 0.1) is 5.92 Å². The third kappa shape index (κ3) is 3.33. The van der Waals surface area contributed by atoms with Crippen molar-refractivity contribution < 1.29 is 13.6 Å². The number of nitrogen functional groups attached to an aromatic ring is 1. The predicted octanol–water partition coefficient (Wildman–Crippen LogP) is 3.54. The number of primary amides is 1. The van der Waals surface area contributed by atoms with E-state index in [9.17, 15) is 13.6 Å². The standard InChI is InChI=1S/C19H19F2N3O/c20-8-12(9-21)10-24-11-17(16-5-4-15(22)7-18(16)24)13-2-1-3-14(6-13)19(23)25/h1-7,11-12H,8-10,22H2,(H2,23,25). The SMILES string of the molecule is NC(=O)c1cccc(-c2cn(CC(CF)CF)c3cc(N)ccc23)c1. The lowest BCUT2D eigenvalue weighted by Gasteiger charge is -2.11. The molecular weight excluding hydrogens is 324 g/mol. The van der Waals surface area contributed by atoms with Gasteiger partial charge in [0.05, 0.1) is 18.9 Å². The van der Waals surface area contributed by atoms with Gasteiger partial charge in [-0.15, -0.1) is 0 Å². The molecule has 0 saturated carbocycles. The summed E-state index contributed by atoms with van der Waals surface area (Å²) in [4.78, 5) is 11.4. The molecule has 4 N–H and O–H groups in total. The van der Waals surface area contributed by atoms with Gasteiger partial charge < -0.3 is 16.0 Å². The minimum Gasteiger partial charge on any atom is -0.399 e. The summed E-state index contributed by atoms with van der Waals surface area (Å²) in [7, 11) is 0. The van der Waals surface area contributed by atoms with E-state index in [1.54, 1.807) is 30.3 Å². The Labute approximate surface area is 144 Å². The van der Waals surface area contributed by atoms with E-state index in [1.807, 2.05) is 22.9 Å². The molecule has 4 nitrogen and oxygen atoms in total. The van der Waals surface area contributed by atoms with Gasteiger partial charge in [-0.1, -0.05) is 18.2 Å². The smallest absolute Gasteiger partial charge is 0.248 e. The number of alkyl halides is 2. The molecule has 3 rings (SSSR count). The van der Waals surface area contributed by atoms with E-state index in [0.29, 0.717) is 11.3 Å². The number of carbonyl (C=O) groups excluding carboxylic acids is 1. The van der Waals surface area contributed by atoms with E-state index >= 15 is 0 Å². The second kappa shape index (κ2) is 6.93. The van der Waals surface area contributed by atoms with Crippen molar-refractivity contribution in [1.29, 1.82) is 0 Å². The molecule has 1 heterocycles. The van der Waals surface area contributed by atoms with E-state index in [-0.39, 0.29) is 6.54 Å². The van der Waals surface area contributed by atoms with Crippen molar-refractivity contribution >= 4 is 22.5 Å². The first-order valence-electron chi connectivity index (χ1n) is 7.94. The van der Waals surface area contributed by atoms with E-state index < -0.39 is 25.2 Å². The second-order valence-electron chi connectivity index (χ2n) is 6.09. The summed E-state index contributed by atoms with van der Waals surface area (Å²) in [6.07, 6.45) is 1.84. The molecule has 0 bridgehead atoms. The van der Waals surface area contributed by atoms with Crippen LogP contribution in [-0.2, 0) is 6.54 Å². The van der Waals surface area contributed by atoms with Gasteiger partial charge in [-0.05, 0) is 29.8 Å². The van der Waals surface area contributed by atoms with Gasteiger partial charge in [-0.3, -0.25) is 13.6 Å². The molecule has 25 heavy (non-hydrogen) atoms. The molecule has 0 unspecified atom stereocenters. The van der Waals surface area contributed by atoms with Gasteiger partial charge in [0, 0.05) is 40.9 Å². The van der Waals surface area contributed by atoms with Crippen molar-refractivity contribution in [1.82, 2.24) is 4.57 Å². The fraction of sp³-hybridized carbons (Fsp3) is 0.211. The minimum absolute atomic E-state index is 0.211. The molecule has 6 heteroatoms. The van der Waals surface area contributed by atoms with E-state index in [0.717, 1.165) is 22.0 Å². The van der Waals surface area contributed by atoms with Crippen LogP contribution in [0.4, 0.5) is 14.5 Å². The summed E-state index contributed by atoms with van der Waals surface area (Å²) in [5, 5.41) is 0.896. The second-order valence-corrected chi connectivity index (χ2v) is 6.09. The number of anilines is 1. The zero-order valence-corrected chi connectivity index (χ0v) is 13.6. The summed E-state index contributed by atoms with van der Waals surface area (Å²) >= 11 is 0. The number of aromatic nitrogens is 1. The number of rotatable bonds is 6. The zero-order valence-electron chi connectivity index (χ0n) is 13.6. The molecule has 130 valence electrons. The maximum absolute atomic E-state index is 13.0. The van der Waals surface area contributed by atoms with Gasteiger partial charge in [0.1, 0.15) is 0 Å². The molecule has 1 aromatic heterocycles. The van der Waals surface area contributed by atoms with Crippen molar-refractivity contribution in [3.8, 4) is 11.1 Å². The van der Waals surface area contributed by atoms with Crippen LogP contribution >= 0.6 is 0 Å². The summed E-state index contributed by atoms with van der Waals surface area (Å²) in [5.74, 6) is -1.22. The molecule has 0 spiro atoms. The predicted molar refractivity (Wildman–Crippen MR) is 95.7 cm³/mol. The maximum atomic E-state index is 13.0. The maximum Gasteiger partial charge on any atom is 0.248 e. The van der Waals surface area contributed by atoms with Crippen LogP contribution in [0.25, 0.3) is 22.0 Å². The summed E-state index contributed by atoms with van der Waals surface area (Å²) in [6.45, 7) is -1.25. The Morgan fingerprint density at radius 2 is 1.88 bits per heavy atom. The zero-order chi connectivity index (χ0) is 18.0. The molecule has 0 radical (unpaired) electrons. The molecule has 0 fully saturated rings. The number of benzene rings is 2. The lowest BCUT2D eigenvalue weighted by molar-refractivity contribution is 0.100. The van der Waals surface area contributed by atoms with Crippen molar-refractivity contribution in [3.63, 3.8) is 0 Å². The van der Waals surface area contributed by atoms with E-state index in [4.69, 9.17) is 11.5 Å². The van der Waals surface area contributed by atoms with Crippen molar-refractivity contribution in [2.24, 2.45) is 11.7 Å². The van der Waals surface area contributed by atoms with Gasteiger partial charge in [0.25, 0.3) is 0 Å². The van der Waals surface area contributed by atoms with Gasteiger partial charge in [0.2, 0.25) is 5.91 Å². The Bertz CT molecular complexity index is 916. The number of carbonyl (C=O) groups is 1. The fourth-order valence-electron chi connectivity index (χ4n) is 2.95. The Balaban J connectivity index is 2.15. The lowest BCUT2D eigenvalue weighted by Crippen LogP contribution is -2.14. The molecule has 0 atom stereocenters. The van der Waals surface area contributed by atoms with Crippen LogP contribution in [0.15, 0.2) is 48.7 Å². The average Bonchev–Trinajstić information content (AvgIpc) is 2.97. The molecule has 0 aliphatic heterocycles. The highest BCUT2D eigenvalue weighted by molar-refractivity contribution is 5.99. The largest absolute Gasteiger partial charge is 0.399 e. The van der Waals surface area contributed by atoms with Crippen molar-refractivity contribution in [2.75, 3.05) is 19.1 Å². The molecule has 0 saturated heterocycles. The molecule has 0 aliphatic rings. The quantitative estimate of drug-likeness (QED) is 0.672. The van der Waals surface area contributed by atoms with Crippen molar-refractivity contribution in [2.45, 2.75) is 6.54 Å². The number of nitrogens with two attached hydrogens (primary N) is 2. The van der Waals surface area contributed by atoms with Crippen LogP contribution in [0.2, 0.25) is 0 Å². The minimum atomic E-state index is -0.731. The van der Waals surface area contributed by atoms with E-state index in [2.05, 4.69) is 0 Å². The first-order chi connectivity index (χ1) is 12.0. The van der Waals surface area contributed by atoms with Crippen LogP contribution in [0.1, 0.15) is 10.4 Å². The third-order valence-corrected chi connectivity index (χ3v) is 4.26. The van der Waals surface area contributed by atoms with Crippen LogP contribution in [0.5, 0.6) is 0 Å². The Hall–Kier alpha value is -2.89. The summed E-state index contributed by atoms with van der Waals surface area (Å²) < 4.78 is 27.7. The van der Waals surface area contributed by atoms with Crippen LogP contribution in [0.3, 0.4) is 0 Å². The highest BCUT2D eigenvalue weighted by Crippen LogP contribution is 2.33. The number of hydrogen-bond acceptors (Lipinski definition) is 2. The number of hydrogen-bond donors (Lipinski definition) is 2. The number of amides is 1. The summed E-state index contributed by atoms with van der Waals surface area (Å²) in [6, 6.07) is 12.4. The number of halogens is 2. The summed E-state index contributed by atoms with van der Waals surface area (Å²) in [5.41, 5.74) is 14.7. The average molecular weight is 343 g/mol. The first-order valence-corrected chi connectivity index (χ1v) is 7.94. The molecule has 2 aromatic carbocycles. The van der Waals surface area contributed by atoms with Gasteiger partial charge in [-0.25, -0.2) is 0 Å². The number of nitrogens with zero attached hydrogens (tertiary/aromatic N) is 1. The van der Waals surface area contributed by atoms with E-state index in [1.165, 1.54) is 0 Å². The Morgan fingerprint density at radius 1 is 1.12 bits per heavy atom. The lowest BCUT2D eigenvalue weighted by atomic mass is 10.0. The normalized spacial score (nSPS) is 11.3. The fourth-order valence-corrected chi connectivity index (χ4v) is 2.95. The van der Waals surface area contributed by atoms with Gasteiger partial charge in [0.15, 0.2) is 0 Å². The first kappa shape index (κ1) is 17.0. The molecular formula is C19H19F2N3O. The van der Waals surface area contributed by atoms with Crippen molar-refractivity contribution in [3.05, 3.63) is 54.2 Å². The van der Waals surface area contributed by atoms with Gasteiger partial charge >= 0.3 is 0 Å². The molecule has 0 aliphatic carbocycles. The monoisotopic (exact) mass is 343 g/mol. The Kier molecular flexibility index (Phi) is 4.70. The third-order valence-electron chi connectivity index (χ3n) is 4.26. The van der Waals surface area contributed by atoms with Crippen LogP contribution in [-0.4, -0.2) is 23.8 Å². The molecule has 3 aromatic rings. The van der Waals surface area contributed by atoms with Crippen LogP contribution < -0.4 is 11.5 Å². The number of fused-ring (bicyclic) bond motifs is 1. The highest BCUT2D eigenvalue weighted by Gasteiger charge is 2.15.